The van der Waals surface area contributed by atoms with Gasteiger partial charge in [0, 0.05) is 13.1 Å². The van der Waals surface area contributed by atoms with Crippen molar-refractivity contribution in [1.82, 2.24) is 15.1 Å². The van der Waals surface area contributed by atoms with Gasteiger partial charge in [0.15, 0.2) is 0 Å². The molecule has 0 saturated heterocycles. The van der Waals surface area contributed by atoms with Crippen LogP contribution in [-0.2, 0) is 0 Å². The number of amides is 1. The van der Waals surface area contributed by atoms with Crippen LogP contribution in [-0.4, -0.2) is 45.8 Å². The Bertz CT molecular complexity index is 323. The van der Waals surface area contributed by atoms with Crippen molar-refractivity contribution in [3.05, 3.63) is 11.8 Å². The SMILES string of the molecule is CC(CO)N(C)C(=O)c1cc(N)n[nH]1. The van der Waals surface area contributed by atoms with Gasteiger partial charge in [-0.05, 0) is 6.92 Å². The molecule has 1 rings (SSSR count). The van der Waals surface area contributed by atoms with Crippen molar-refractivity contribution in [2.45, 2.75) is 13.0 Å². The second-order valence-electron chi connectivity index (χ2n) is 3.15. The highest BCUT2D eigenvalue weighted by molar-refractivity contribution is 5.92. The second-order valence-corrected chi connectivity index (χ2v) is 3.15. The van der Waals surface area contributed by atoms with Crippen molar-refractivity contribution >= 4 is 11.7 Å². The van der Waals surface area contributed by atoms with Crippen LogP contribution in [0.5, 0.6) is 0 Å². The average Bonchev–Trinajstić information content (AvgIpc) is 2.61. The van der Waals surface area contributed by atoms with Gasteiger partial charge in [-0.15, -0.1) is 0 Å². The van der Waals surface area contributed by atoms with Crippen molar-refractivity contribution in [2.24, 2.45) is 0 Å². The minimum Gasteiger partial charge on any atom is -0.394 e. The summed E-state index contributed by atoms with van der Waals surface area (Å²) in [7, 11) is 1.61. The van der Waals surface area contributed by atoms with Gasteiger partial charge in [0.05, 0.1) is 12.6 Å². The van der Waals surface area contributed by atoms with Gasteiger partial charge >= 0.3 is 0 Å². The van der Waals surface area contributed by atoms with Gasteiger partial charge in [-0.2, -0.15) is 5.10 Å². The van der Waals surface area contributed by atoms with E-state index in [0.717, 1.165) is 0 Å². The summed E-state index contributed by atoms with van der Waals surface area (Å²) in [6.07, 6.45) is 0. The van der Waals surface area contributed by atoms with Crippen LogP contribution in [0.4, 0.5) is 5.82 Å². The molecule has 0 bridgehead atoms. The van der Waals surface area contributed by atoms with Gasteiger partial charge in [-0.25, -0.2) is 0 Å². The summed E-state index contributed by atoms with van der Waals surface area (Å²) in [5.41, 5.74) is 5.69. The number of aliphatic hydroxyl groups is 1. The van der Waals surface area contributed by atoms with E-state index in [2.05, 4.69) is 10.2 Å². The smallest absolute Gasteiger partial charge is 0.272 e. The summed E-state index contributed by atoms with van der Waals surface area (Å²) in [6.45, 7) is 1.67. The number of carbonyl (C=O) groups is 1. The monoisotopic (exact) mass is 198 g/mol. The van der Waals surface area contributed by atoms with Crippen LogP contribution >= 0.6 is 0 Å². The van der Waals surface area contributed by atoms with E-state index < -0.39 is 0 Å². The van der Waals surface area contributed by atoms with Crippen LogP contribution in [0, 0.1) is 0 Å². The lowest BCUT2D eigenvalue weighted by Gasteiger charge is -2.22. The fraction of sp³-hybridized carbons (Fsp3) is 0.500. The Morgan fingerprint density at radius 3 is 2.93 bits per heavy atom. The average molecular weight is 198 g/mol. The number of nitrogens with one attached hydrogen (secondary N) is 1. The number of aliphatic hydroxyl groups excluding tert-OH is 1. The molecule has 0 aromatic carbocycles. The van der Waals surface area contributed by atoms with Crippen molar-refractivity contribution in [2.75, 3.05) is 19.4 Å². The standard InChI is InChI=1S/C8H14N4O2/c1-5(4-13)12(2)8(14)6-3-7(9)11-10-6/h3,5,13H,4H2,1-2H3,(H3,9,10,11). The number of carbonyl (C=O) groups excluding carboxylic acids is 1. The van der Waals surface area contributed by atoms with Crippen molar-refractivity contribution in [1.29, 1.82) is 0 Å². The number of hydrogen-bond acceptors (Lipinski definition) is 4. The van der Waals surface area contributed by atoms with E-state index >= 15 is 0 Å². The Labute approximate surface area is 81.7 Å². The quantitative estimate of drug-likeness (QED) is 0.607. The molecule has 1 heterocycles. The van der Waals surface area contributed by atoms with Gasteiger partial charge in [0.25, 0.3) is 5.91 Å². The summed E-state index contributed by atoms with van der Waals surface area (Å²) < 4.78 is 0. The van der Waals surface area contributed by atoms with Gasteiger partial charge in [-0.1, -0.05) is 0 Å². The Morgan fingerprint density at radius 1 is 1.86 bits per heavy atom. The van der Waals surface area contributed by atoms with Crippen molar-refractivity contribution in [3.63, 3.8) is 0 Å². The molecule has 1 unspecified atom stereocenters. The molecule has 0 radical (unpaired) electrons. The van der Waals surface area contributed by atoms with Gasteiger partial charge in [0.1, 0.15) is 11.5 Å². The Balaban J connectivity index is 2.75. The predicted molar refractivity (Wildman–Crippen MR) is 51.6 cm³/mol. The highest BCUT2D eigenvalue weighted by Gasteiger charge is 2.18. The molecule has 1 atom stereocenters. The number of anilines is 1. The van der Waals surface area contributed by atoms with Gasteiger partial charge in [-0.3, -0.25) is 9.89 Å². The lowest BCUT2D eigenvalue weighted by molar-refractivity contribution is 0.0676. The molecule has 0 aliphatic heterocycles. The second kappa shape index (κ2) is 4.10. The van der Waals surface area contributed by atoms with Crippen LogP contribution in [0.25, 0.3) is 0 Å². The molecule has 4 N–H and O–H groups in total. The molecule has 1 aromatic heterocycles. The first kappa shape index (κ1) is 10.5. The van der Waals surface area contributed by atoms with E-state index in [4.69, 9.17) is 10.8 Å². The van der Waals surface area contributed by atoms with Crippen LogP contribution < -0.4 is 5.73 Å². The largest absolute Gasteiger partial charge is 0.394 e. The van der Waals surface area contributed by atoms with E-state index in [0.29, 0.717) is 5.69 Å². The maximum absolute atomic E-state index is 11.6. The minimum absolute atomic E-state index is 0.0775. The number of nitrogen functional groups attached to an aromatic ring is 1. The molecule has 0 aliphatic rings. The summed E-state index contributed by atoms with van der Waals surface area (Å²) in [6, 6.07) is 1.23. The van der Waals surface area contributed by atoms with E-state index in [1.807, 2.05) is 0 Å². The van der Waals surface area contributed by atoms with Crippen LogP contribution in [0.15, 0.2) is 6.07 Å². The zero-order chi connectivity index (χ0) is 10.7. The van der Waals surface area contributed by atoms with Crippen molar-refractivity contribution in [3.8, 4) is 0 Å². The maximum atomic E-state index is 11.6. The molecule has 78 valence electrons. The molecule has 0 spiro atoms. The van der Waals surface area contributed by atoms with Crippen LogP contribution in [0.1, 0.15) is 17.4 Å². The number of likely N-dealkylation sites (N-methyl/N-ethyl adjacent to an activating group) is 1. The van der Waals surface area contributed by atoms with Crippen molar-refractivity contribution < 1.29 is 9.90 Å². The van der Waals surface area contributed by atoms with E-state index in [1.165, 1.54) is 11.0 Å². The number of hydrogen-bond donors (Lipinski definition) is 3. The summed E-state index contributed by atoms with van der Waals surface area (Å²) in [5.74, 6) is 0.0363. The topological polar surface area (TPSA) is 95.2 Å². The number of rotatable bonds is 3. The number of H-pyrrole nitrogens is 1. The fourth-order valence-electron chi connectivity index (χ4n) is 0.959. The predicted octanol–water partition coefficient (Wildman–Crippen LogP) is -0.555. The summed E-state index contributed by atoms with van der Waals surface area (Å²) >= 11 is 0. The fourth-order valence-corrected chi connectivity index (χ4v) is 0.959. The third-order valence-corrected chi connectivity index (χ3v) is 2.07. The molecule has 0 aliphatic carbocycles. The molecule has 0 saturated carbocycles. The highest BCUT2D eigenvalue weighted by Crippen LogP contribution is 2.06. The minimum atomic E-state index is -0.240. The summed E-state index contributed by atoms with van der Waals surface area (Å²) in [5, 5.41) is 15.0. The van der Waals surface area contributed by atoms with E-state index in [9.17, 15) is 4.79 Å². The van der Waals surface area contributed by atoms with Gasteiger partial charge < -0.3 is 15.7 Å². The number of aromatic amines is 1. The zero-order valence-corrected chi connectivity index (χ0v) is 8.19. The molecule has 6 nitrogen and oxygen atoms in total. The first-order valence-corrected chi connectivity index (χ1v) is 4.25. The molecule has 1 aromatic rings. The molecule has 6 heteroatoms. The third kappa shape index (κ3) is 2.02. The molecular formula is C8H14N4O2. The molecular weight excluding hydrogens is 184 g/mol. The highest BCUT2D eigenvalue weighted by atomic mass is 16.3. The molecule has 14 heavy (non-hydrogen) atoms. The number of nitrogens with two attached hydrogens (primary N) is 1. The lowest BCUT2D eigenvalue weighted by Crippen LogP contribution is -2.37. The number of nitrogens with zero attached hydrogens (tertiary/aromatic N) is 2. The normalized spacial score (nSPS) is 12.5. The first-order valence-electron chi connectivity index (χ1n) is 4.25. The first-order chi connectivity index (χ1) is 6.56. The number of aromatic nitrogens is 2. The Morgan fingerprint density at radius 2 is 2.50 bits per heavy atom. The molecule has 1 amide bonds. The van der Waals surface area contributed by atoms with Gasteiger partial charge in [0.2, 0.25) is 0 Å². The summed E-state index contributed by atoms with van der Waals surface area (Å²) in [4.78, 5) is 13.1. The Hall–Kier alpha value is -1.56. The Kier molecular flexibility index (Phi) is 3.08. The zero-order valence-electron chi connectivity index (χ0n) is 8.19. The van der Waals surface area contributed by atoms with Crippen LogP contribution in [0.2, 0.25) is 0 Å². The van der Waals surface area contributed by atoms with E-state index in [-0.39, 0.29) is 24.4 Å². The third-order valence-electron chi connectivity index (χ3n) is 2.07. The van der Waals surface area contributed by atoms with E-state index in [1.54, 1.807) is 14.0 Å². The molecule has 0 fully saturated rings. The lowest BCUT2D eigenvalue weighted by atomic mass is 10.3. The van der Waals surface area contributed by atoms with Crippen LogP contribution in [0.3, 0.4) is 0 Å². The maximum Gasteiger partial charge on any atom is 0.272 e.